The second-order valence-electron chi connectivity index (χ2n) is 6.14. The SMILES string of the molecule is COc1ccccc1[C@@H](C)NC(=O)NCCCn1cnc2ccccc21. The summed E-state index contributed by atoms with van der Waals surface area (Å²) in [7, 11) is 1.63. The van der Waals surface area contributed by atoms with Crippen LogP contribution in [0.2, 0.25) is 0 Å². The Balaban J connectivity index is 1.45. The first kappa shape index (κ1) is 17.8. The predicted octanol–water partition coefficient (Wildman–Crippen LogP) is 3.50. The zero-order valence-corrected chi connectivity index (χ0v) is 15.1. The molecule has 0 aliphatic rings. The van der Waals surface area contributed by atoms with E-state index in [1.165, 1.54) is 0 Å². The number of urea groups is 1. The molecule has 0 saturated carbocycles. The summed E-state index contributed by atoms with van der Waals surface area (Å²) in [5.41, 5.74) is 3.06. The maximum atomic E-state index is 12.1. The molecule has 26 heavy (non-hydrogen) atoms. The molecule has 0 unspecified atom stereocenters. The van der Waals surface area contributed by atoms with Crippen molar-refractivity contribution in [3.8, 4) is 5.75 Å². The number of carbonyl (C=O) groups is 1. The highest BCUT2D eigenvalue weighted by Gasteiger charge is 2.13. The second kappa shape index (κ2) is 8.38. The van der Waals surface area contributed by atoms with Crippen LogP contribution in [0.4, 0.5) is 4.79 Å². The number of rotatable bonds is 7. The number of aryl methyl sites for hydroxylation is 1. The van der Waals surface area contributed by atoms with Gasteiger partial charge in [0.1, 0.15) is 5.75 Å². The maximum absolute atomic E-state index is 12.1. The number of ether oxygens (including phenoxy) is 1. The van der Waals surface area contributed by atoms with Crippen LogP contribution in [0.1, 0.15) is 24.9 Å². The van der Waals surface area contributed by atoms with E-state index >= 15 is 0 Å². The minimum atomic E-state index is -0.182. The molecule has 1 aromatic heterocycles. The Kier molecular flexibility index (Phi) is 5.73. The number of nitrogens with zero attached hydrogens (tertiary/aromatic N) is 2. The van der Waals surface area contributed by atoms with Crippen LogP contribution in [-0.4, -0.2) is 29.2 Å². The fourth-order valence-corrected chi connectivity index (χ4v) is 2.99. The van der Waals surface area contributed by atoms with E-state index in [2.05, 4.69) is 26.3 Å². The molecule has 0 fully saturated rings. The van der Waals surface area contributed by atoms with Gasteiger partial charge in [-0.2, -0.15) is 0 Å². The molecule has 2 aromatic carbocycles. The largest absolute Gasteiger partial charge is 0.496 e. The molecule has 2 amide bonds. The smallest absolute Gasteiger partial charge is 0.315 e. The zero-order chi connectivity index (χ0) is 18.4. The van der Waals surface area contributed by atoms with Crippen LogP contribution in [0.25, 0.3) is 11.0 Å². The molecule has 0 aliphatic carbocycles. The second-order valence-corrected chi connectivity index (χ2v) is 6.14. The zero-order valence-electron chi connectivity index (χ0n) is 15.1. The molecular formula is C20H24N4O2. The summed E-state index contributed by atoms with van der Waals surface area (Å²) in [4.78, 5) is 16.5. The molecule has 6 heteroatoms. The lowest BCUT2D eigenvalue weighted by Crippen LogP contribution is -2.37. The molecule has 3 aromatic rings. The van der Waals surface area contributed by atoms with E-state index in [9.17, 15) is 4.79 Å². The average Bonchev–Trinajstić information content (AvgIpc) is 3.08. The standard InChI is InChI=1S/C20H24N4O2/c1-15(16-8-3-6-11-19(16)26-2)23-20(25)21-12-7-13-24-14-22-17-9-4-5-10-18(17)24/h3-6,8-11,14-15H,7,12-13H2,1-2H3,(H2,21,23,25)/t15-/m1/s1. The lowest BCUT2D eigenvalue weighted by Gasteiger charge is -2.17. The summed E-state index contributed by atoms with van der Waals surface area (Å²) < 4.78 is 7.45. The highest BCUT2D eigenvalue weighted by molar-refractivity contribution is 5.75. The Morgan fingerprint density at radius 3 is 2.81 bits per heavy atom. The molecule has 1 heterocycles. The summed E-state index contributed by atoms with van der Waals surface area (Å²) in [6.45, 7) is 3.34. The van der Waals surface area contributed by atoms with Gasteiger partial charge in [-0.15, -0.1) is 0 Å². The Labute approximate surface area is 153 Å². The van der Waals surface area contributed by atoms with Crippen molar-refractivity contribution in [2.24, 2.45) is 0 Å². The van der Waals surface area contributed by atoms with Gasteiger partial charge in [-0.25, -0.2) is 9.78 Å². The highest BCUT2D eigenvalue weighted by atomic mass is 16.5. The minimum absolute atomic E-state index is 0.135. The highest BCUT2D eigenvalue weighted by Crippen LogP contribution is 2.24. The number of imidazole rings is 1. The van der Waals surface area contributed by atoms with Crippen molar-refractivity contribution < 1.29 is 9.53 Å². The van der Waals surface area contributed by atoms with Gasteiger partial charge in [0, 0.05) is 18.7 Å². The summed E-state index contributed by atoms with van der Waals surface area (Å²) in [5.74, 6) is 0.771. The number of methoxy groups -OCH3 is 1. The Hall–Kier alpha value is -3.02. The van der Waals surface area contributed by atoms with Gasteiger partial charge in [-0.3, -0.25) is 0 Å². The Morgan fingerprint density at radius 1 is 1.19 bits per heavy atom. The van der Waals surface area contributed by atoms with E-state index in [-0.39, 0.29) is 12.1 Å². The van der Waals surface area contributed by atoms with E-state index in [0.717, 1.165) is 35.3 Å². The third-order valence-electron chi connectivity index (χ3n) is 4.34. The van der Waals surface area contributed by atoms with Crippen LogP contribution in [-0.2, 0) is 6.54 Å². The van der Waals surface area contributed by atoms with Crippen LogP contribution < -0.4 is 15.4 Å². The fourth-order valence-electron chi connectivity index (χ4n) is 2.99. The summed E-state index contributed by atoms with van der Waals surface area (Å²) in [6.07, 6.45) is 2.67. The quantitative estimate of drug-likeness (QED) is 0.640. The molecule has 136 valence electrons. The molecule has 0 bridgehead atoms. The summed E-state index contributed by atoms with van der Waals surface area (Å²) >= 11 is 0. The molecule has 0 radical (unpaired) electrons. The first-order chi connectivity index (χ1) is 12.7. The molecule has 1 atom stereocenters. The van der Waals surface area contributed by atoms with Crippen LogP contribution in [0.15, 0.2) is 54.9 Å². The van der Waals surface area contributed by atoms with Crippen LogP contribution in [0, 0.1) is 0 Å². The van der Waals surface area contributed by atoms with Gasteiger partial charge in [-0.05, 0) is 31.5 Å². The third-order valence-corrected chi connectivity index (χ3v) is 4.34. The first-order valence-corrected chi connectivity index (χ1v) is 8.76. The van der Waals surface area contributed by atoms with Gasteiger partial charge >= 0.3 is 6.03 Å². The lowest BCUT2D eigenvalue weighted by atomic mass is 10.1. The first-order valence-electron chi connectivity index (χ1n) is 8.76. The maximum Gasteiger partial charge on any atom is 0.315 e. The molecule has 0 spiro atoms. The Bertz CT molecular complexity index is 875. The fraction of sp³-hybridized carbons (Fsp3) is 0.300. The monoisotopic (exact) mass is 352 g/mol. The molecule has 6 nitrogen and oxygen atoms in total. The van der Waals surface area contributed by atoms with Crippen molar-refractivity contribution in [3.63, 3.8) is 0 Å². The van der Waals surface area contributed by atoms with E-state index in [1.54, 1.807) is 7.11 Å². The average molecular weight is 352 g/mol. The molecule has 3 rings (SSSR count). The van der Waals surface area contributed by atoms with Gasteiger partial charge < -0.3 is 19.9 Å². The van der Waals surface area contributed by atoms with Gasteiger partial charge in [0.2, 0.25) is 0 Å². The van der Waals surface area contributed by atoms with Gasteiger partial charge in [0.05, 0.1) is 30.5 Å². The van der Waals surface area contributed by atoms with E-state index in [0.29, 0.717) is 6.54 Å². The number of para-hydroxylation sites is 3. The van der Waals surface area contributed by atoms with Crippen LogP contribution in [0.3, 0.4) is 0 Å². The number of carbonyl (C=O) groups excluding carboxylic acids is 1. The normalized spacial score (nSPS) is 11.9. The van der Waals surface area contributed by atoms with Crippen molar-refractivity contribution in [2.45, 2.75) is 25.9 Å². The van der Waals surface area contributed by atoms with Gasteiger partial charge in [0.25, 0.3) is 0 Å². The van der Waals surface area contributed by atoms with Crippen LogP contribution >= 0.6 is 0 Å². The molecule has 2 N–H and O–H groups in total. The van der Waals surface area contributed by atoms with Gasteiger partial charge in [0.15, 0.2) is 0 Å². The number of hydrogen-bond acceptors (Lipinski definition) is 3. The summed E-state index contributed by atoms with van der Waals surface area (Å²) in [5, 5.41) is 5.85. The number of nitrogens with one attached hydrogen (secondary N) is 2. The van der Waals surface area contributed by atoms with Crippen molar-refractivity contribution >= 4 is 17.1 Å². The van der Waals surface area contributed by atoms with E-state index in [4.69, 9.17) is 4.74 Å². The van der Waals surface area contributed by atoms with Crippen molar-refractivity contribution in [1.82, 2.24) is 20.2 Å². The minimum Gasteiger partial charge on any atom is -0.496 e. The van der Waals surface area contributed by atoms with Gasteiger partial charge in [-0.1, -0.05) is 30.3 Å². The number of hydrogen-bond donors (Lipinski definition) is 2. The predicted molar refractivity (Wildman–Crippen MR) is 102 cm³/mol. The number of fused-ring (bicyclic) bond motifs is 1. The topological polar surface area (TPSA) is 68.2 Å². The van der Waals surface area contributed by atoms with Crippen molar-refractivity contribution in [1.29, 1.82) is 0 Å². The lowest BCUT2D eigenvalue weighted by molar-refractivity contribution is 0.237. The summed E-state index contributed by atoms with van der Waals surface area (Å²) in [6, 6.07) is 15.4. The number of benzene rings is 2. The number of amides is 2. The van der Waals surface area contributed by atoms with Crippen molar-refractivity contribution in [2.75, 3.05) is 13.7 Å². The van der Waals surface area contributed by atoms with Crippen LogP contribution in [0.5, 0.6) is 5.75 Å². The number of aromatic nitrogens is 2. The third kappa shape index (κ3) is 4.14. The van der Waals surface area contributed by atoms with Crippen molar-refractivity contribution in [3.05, 3.63) is 60.4 Å². The van der Waals surface area contributed by atoms with E-state index < -0.39 is 0 Å². The molecular weight excluding hydrogens is 328 g/mol. The Morgan fingerprint density at radius 2 is 1.96 bits per heavy atom. The molecule has 0 saturated heterocycles. The van der Waals surface area contributed by atoms with E-state index in [1.807, 2.05) is 55.7 Å². The molecule has 0 aliphatic heterocycles.